The first-order valence-electron chi connectivity index (χ1n) is 9.41. The zero-order valence-corrected chi connectivity index (χ0v) is 17.1. The summed E-state index contributed by atoms with van der Waals surface area (Å²) in [6, 6.07) is 14.7. The van der Waals surface area contributed by atoms with Gasteiger partial charge in [-0.2, -0.15) is 0 Å². The Kier molecular flexibility index (Phi) is 7.47. The lowest BCUT2D eigenvalue weighted by molar-refractivity contribution is -0.111. The van der Waals surface area contributed by atoms with Crippen molar-refractivity contribution in [2.24, 2.45) is 0 Å². The van der Waals surface area contributed by atoms with Crippen molar-refractivity contribution in [1.29, 1.82) is 0 Å². The second kappa shape index (κ2) is 10.5. The van der Waals surface area contributed by atoms with Gasteiger partial charge in [-0.15, -0.1) is 0 Å². The average molecular weight is 427 g/mol. The van der Waals surface area contributed by atoms with E-state index < -0.39 is 23.8 Å². The van der Waals surface area contributed by atoms with Crippen LogP contribution in [0.2, 0.25) is 0 Å². The van der Waals surface area contributed by atoms with E-state index >= 15 is 0 Å². The molecule has 0 aliphatic carbocycles. The molecule has 0 saturated heterocycles. The Hall–Kier alpha value is -3.56. The third-order valence-corrected chi connectivity index (χ3v) is 4.46. The quantitative estimate of drug-likeness (QED) is 0.554. The van der Waals surface area contributed by atoms with Crippen LogP contribution in [0.15, 0.2) is 65.6 Å². The molecule has 1 heterocycles. The molecule has 9 heteroatoms. The van der Waals surface area contributed by atoms with Crippen LogP contribution < -0.4 is 10.9 Å². The van der Waals surface area contributed by atoms with Crippen LogP contribution in [0.3, 0.4) is 0 Å². The number of nitrogens with one attached hydrogen (secondary N) is 1. The van der Waals surface area contributed by atoms with Gasteiger partial charge in [-0.3, -0.25) is 14.7 Å². The van der Waals surface area contributed by atoms with Gasteiger partial charge in [0, 0.05) is 19.8 Å². The number of carbonyl (C=O) groups is 1. The molecule has 3 rings (SSSR count). The fourth-order valence-corrected chi connectivity index (χ4v) is 2.84. The molecule has 1 aromatic heterocycles. The lowest BCUT2D eigenvalue weighted by Crippen LogP contribution is -2.33. The Morgan fingerprint density at radius 1 is 1.10 bits per heavy atom. The number of halogens is 1. The highest BCUT2D eigenvalue weighted by Crippen LogP contribution is 2.18. The molecule has 0 saturated carbocycles. The second-order valence-corrected chi connectivity index (χ2v) is 6.51. The van der Waals surface area contributed by atoms with E-state index in [1.165, 1.54) is 49.2 Å². The lowest BCUT2D eigenvalue weighted by atomic mass is 10.2. The molecule has 1 amide bonds. The van der Waals surface area contributed by atoms with E-state index in [0.717, 1.165) is 5.56 Å². The largest absolute Gasteiger partial charge is 0.444 e. The average Bonchev–Trinajstić information content (AvgIpc) is 2.79. The number of hydrogen-bond donors (Lipinski definition) is 1. The third-order valence-electron chi connectivity index (χ3n) is 4.46. The molecular weight excluding hydrogens is 405 g/mol. The van der Waals surface area contributed by atoms with Crippen molar-refractivity contribution in [3.05, 3.63) is 82.5 Å². The van der Waals surface area contributed by atoms with E-state index in [1.807, 2.05) is 30.3 Å². The molecule has 2 aromatic carbocycles. The van der Waals surface area contributed by atoms with E-state index in [0.29, 0.717) is 5.56 Å². The molecule has 31 heavy (non-hydrogen) atoms. The van der Waals surface area contributed by atoms with Crippen molar-refractivity contribution in [1.82, 2.24) is 9.55 Å². The molecule has 0 fully saturated rings. The number of anilines is 1. The highest BCUT2D eigenvalue weighted by Gasteiger charge is 2.18. The van der Waals surface area contributed by atoms with Crippen LogP contribution in [0.4, 0.5) is 14.9 Å². The fourth-order valence-electron chi connectivity index (χ4n) is 2.84. The van der Waals surface area contributed by atoms with Gasteiger partial charge in [0.2, 0.25) is 0 Å². The number of rotatable bonds is 8. The fraction of sp³-hybridized carbons (Fsp3) is 0.227. The zero-order chi connectivity index (χ0) is 22.2. The Labute approximate surface area is 178 Å². The minimum absolute atomic E-state index is 0.000125. The van der Waals surface area contributed by atoms with Crippen LogP contribution in [0.1, 0.15) is 5.56 Å². The predicted molar refractivity (Wildman–Crippen MR) is 112 cm³/mol. The monoisotopic (exact) mass is 427 g/mol. The molecule has 1 N–H and O–H groups in total. The van der Waals surface area contributed by atoms with Crippen molar-refractivity contribution in [3.63, 3.8) is 0 Å². The highest BCUT2D eigenvalue weighted by molar-refractivity contribution is 5.84. The van der Waals surface area contributed by atoms with Crippen LogP contribution in [0.5, 0.6) is 0 Å². The van der Waals surface area contributed by atoms with Crippen LogP contribution >= 0.6 is 0 Å². The van der Waals surface area contributed by atoms with Crippen molar-refractivity contribution >= 4 is 11.8 Å². The van der Waals surface area contributed by atoms with Gasteiger partial charge < -0.3 is 14.2 Å². The standard InChI is InChI=1S/C22H22FN3O5/c1-29-19(30-2)13-26-20(16-8-10-17(23)11-9-16)24-12-18(21(26)27)25-22(28)31-14-15-6-4-3-5-7-15/h3-12,19H,13-14H2,1-2H3,(H,25,28). The normalized spacial score (nSPS) is 10.8. The van der Waals surface area contributed by atoms with Crippen LogP contribution in [0.25, 0.3) is 11.4 Å². The van der Waals surface area contributed by atoms with Crippen molar-refractivity contribution < 1.29 is 23.4 Å². The SMILES string of the molecule is COC(Cn1c(-c2ccc(F)cc2)ncc(NC(=O)OCc2ccccc2)c1=O)OC. The van der Waals surface area contributed by atoms with Gasteiger partial charge in [0.05, 0.1) is 12.7 Å². The van der Waals surface area contributed by atoms with Crippen molar-refractivity contribution in [3.8, 4) is 11.4 Å². The van der Waals surface area contributed by atoms with Gasteiger partial charge in [0.1, 0.15) is 23.9 Å². The molecule has 8 nitrogen and oxygen atoms in total. The Balaban J connectivity index is 1.86. The summed E-state index contributed by atoms with van der Waals surface area (Å²) in [6.45, 7) is 0.0531. The summed E-state index contributed by atoms with van der Waals surface area (Å²) in [7, 11) is 2.88. The summed E-state index contributed by atoms with van der Waals surface area (Å²) in [4.78, 5) is 29.5. The van der Waals surface area contributed by atoms with Gasteiger partial charge in [0.25, 0.3) is 5.56 Å². The predicted octanol–water partition coefficient (Wildman–Crippen LogP) is 3.42. The molecule has 0 aliphatic rings. The highest BCUT2D eigenvalue weighted by atomic mass is 19.1. The maximum atomic E-state index is 13.3. The van der Waals surface area contributed by atoms with Crippen LogP contribution in [-0.4, -0.2) is 36.2 Å². The number of amides is 1. The van der Waals surface area contributed by atoms with Gasteiger partial charge >= 0.3 is 6.09 Å². The molecule has 3 aromatic rings. The molecule has 0 spiro atoms. The summed E-state index contributed by atoms with van der Waals surface area (Å²) in [6.07, 6.45) is -0.298. The first-order valence-corrected chi connectivity index (χ1v) is 9.41. The topological polar surface area (TPSA) is 91.7 Å². The number of benzene rings is 2. The minimum Gasteiger partial charge on any atom is -0.444 e. The molecule has 0 radical (unpaired) electrons. The van der Waals surface area contributed by atoms with Crippen molar-refractivity contribution in [2.45, 2.75) is 19.4 Å². The first-order chi connectivity index (χ1) is 15.0. The van der Waals surface area contributed by atoms with E-state index in [-0.39, 0.29) is 24.7 Å². The Morgan fingerprint density at radius 2 is 1.77 bits per heavy atom. The summed E-state index contributed by atoms with van der Waals surface area (Å²) >= 11 is 0. The number of nitrogens with zero attached hydrogens (tertiary/aromatic N) is 2. The summed E-state index contributed by atoms with van der Waals surface area (Å²) < 4.78 is 30.2. The van der Waals surface area contributed by atoms with Gasteiger partial charge in [-0.25, -0.2) is 14.2 Å². The summed E-state index contributed by atoms with van der Waals surface area (Å²) in [5.41, 5.74) is 0.713. The first kappa shape index (κ1) is 22.1. The molecule has 0 unspecified atom stereocenters. The van der Waals surface area contributed by atoms with Gasteiger partial charge in [0.15, 0.2) is 6.29 Å². The second-order valence-electron chi connectivity index (χ2n) is 6.51. The zero-order valence-electron chi connectivity index (χ0n) is 17.1. The van der Waals surface area contributed by atoms with Crippen molar-refractivity contribution in [2.75, 3.05) is 19.5 Å². The lowest BCUT2D eigenvalue weighted by Gasteiger charge is -2.19. The maximum Gasteiger partial charge on any atom is 0.412 e. The Morgan fingerprint density at radius 3 is 2.42 bits per heavy atom. The van der Waals surface area contributed by atoms with Crippen LogP contribution in [0, 0.1) is 5.82 Å². The minimum atomic E-state index is -0.793. The van der Waals surface area contributed by atoms with Gasteiger partial charge in [-0.1, -0.05) is 30.3 Å². The number of hydrogen-bond acceptors (Lipinski definition) is 6. The van der Waals surface area contributed by atoms with E-state index in [2.05, 4.69) is 10.3 Å². The molecule has 0 bridgehead atoms. The number of methoxy groups -OCH3 is 2. The molecule has 0 aliphatic heterocycles. The third kappa shape index (κ3) is 5.74. The maximum absolute atomic E-state index is 13.3. The smallest absolute Gasteiger partial charge is 0.412 e. The van der Waals surface area contributed by atoms with E-state index in [9.17, 15) is 14.0 Å². The molecular formula is C22H22FN3O5. The molecule has 0 atom stereocenters. The van der Waals surface area contributed by atoms with E-state index in [4.69, 9.17) is 14.2 Å². The van der Waals surface area contributed by atoms with E-state index in [1.54, 1.807) is 0 Å². The number of ether oxygens (including phenoxy) is 3. The number of aromatic nitrogens is 2. The Bertz CT molecular complexity index is 1070. The summed E-state index contributed by atoms with van der Waals surface area (Å²) in [5.74, 6) is -0.143. The number of carbonyl (C=O) groups excluding carboxylic acids is 1. The molecule has 162 valence electrons. The van der Waals surface area contributed by atoms with Crippen LogP contribution in [-0.2, 0) is 27.4 Å². The summed E-state index contributed by atoms with van der Waals surface area (Å²) in [5, 5.41) is 2.42. The van der Waals surface area contributed by atoms with Gasteiger partial charge in [-0.05, 0) is 29.8 Å².